The van der Waals surface area contributed by atoms with Crippen molar-refractivity contribution in [3.8, 4) is 11.1 Å². The van der Waals surface area contributed by atoms with E-state index < -0.39 is 17.5 Å². The first-order chi connectivity index (χ1) is 12.9. The maximum atomic E-state index is 14.5. The van der Waals surface area contributed by atoms with Crippen LogP contribution in [0, 0.1) is 24.4 Å². The molecule has 6 nitrogen and oxygen atoms in total. The number of anilines is 1. The van der Waals surface area contributed by atoms with Crippen LogP contribution in [0.2, 0.25) is 0 Å². The topological polar surface area (TPSA) is 58.4 Å². The van der Waals surface area contributed by atoms with Gasteiger partial charge in [0.15, 0.2) is 5.82 Å². The quantitative estimate of drug-likeness (QED) is 0.711. The smallest absolute Gasteiger partial charge is 0.254 e. The molecular formula is C18H17F3N6. The van der Waals surface area contributed by atoms with Crippen LogP contribution < -0.4 is 5.43 Å². The van der Waals surface area contributed by atoms with E-state index in [0.717, 1.165) is 0 Å². The van der Waals surface area contributed by atoms with Crippen molar-refractivity contribution in [2.75, 3.05) is 5.43 Å². The summed E-state index contributed by atoms with van der Waals surface area (Å²) in [5.41, 5.74) is 3.35. The fourth-order valence-corrected chi connectivity index (χ4v) is 3.34. The van der Waals surface area contributed by atoms with Crippen LogP contribution in [0.3, 0.4) is 0 Å². The lowest BCUT2D eigenvalue weighted by atomic mass is 10.0. The van der Waals surface area contributed by atoms with Gasteiger partial charge in [-0.25, -0.2) is 23.2 Å². The van der Waals surface area contributed by atoms with E-state index >= 15 is 0 Å². The molecule has 0 radical (unpaired) electrons. The Labute approximate surface area is 153 Å². The molecule has 1 aromatic carbocycles. The zero-order valence-electron chi connectivity index (χ0n) is 14.9. The van der Waals surface area contributed by atoms with E-state index in [-0.39, 0.29) is 29.0 Å². The van der Waals surface area contributed by atoms with Crippen LogP contribution in [0.1, 0.15) is 19.5 Å². The maximum absolute atomic E-state index is 14.5. The number of halogens is 3. The third-order valence-corrected chi connectivity index (χ3v) is 4.65. The number of nitrogens with zero attached hydrogens (tertiary/aromatic N) is 5. The molecule has 1 aliphatic heterocycles. The molecular weight excluding hydrogens is 357 g/mol. The molecule has 2 unspecified atom stereocenters. The second kappa shape index (κ2) is 6.34. The van der Waals surface area contributed by atoms with Gasteiger partial charge in [-0.3, -0.25) is 0 Å². The Hall–Kier alpha value is -2.94. The Morgan fingerprint density at radius 3 is 2.26 bits per heavy atom. The van der Waals surface area contributed by atoms with Crippen molar-refractivity contribution in [3.63, 3.8) is 0 Å². The summed E-state index contributed by atoms with van der Waals surface area (Å²) >= 11 is 0. The highest BCUT2D eigenvalue weighted by atomic mass is 19.1. The molecule has 0 spiro atoms. The van der Waals surface area contributed by atoms with Crippen molar-refractivity contribution in [2.24, 2.45) is 0 Å². The summed E-state index contributed by atoms with van der Waals surface area (Å²) in [4.78, 5) is 8.34. The predicted molar refractivity (Wildman–Crippen MR) is 94.4 cm³/mol. The standard InChI is InChI=1S/C18H17F3N6/c1-9-4-5-10(2)26(9)25-17-15(11(3)24-18-22-8-23-27(17)18)16-13(20)6-12(19)7-14(16)21/h4-10,25H,1-3H3. The van der Waals surface area contributed by atoms with Gasteiger partial charge >= 0.3 is 0 Å². The van der Waals surface area contributed by atoms with Crippen molar-refractivity contribution in [1.82, 2.24) is 24.6 Å². The summed E-state index contributed by atoms with van der Waals surface area (Å²) in [5, 5.41) is 6.04. The van der Waals surface area contributed by atoms with Gasteiger partial charge in [-0.2, -0.15) is 14.6 Å². The summed E-state index contributed by atoms with van der Waals surface area (Å²) < 4.78 is 43.9. The first-order valence-electron chi connectivity index (χ1n) is 8.45. The van der Waals surface area contributed by atoms with E-state index in [4.69, 9.17) is 0 Å². The van der Waals surface area contributed by atoms with Gasteiger partial charge in [0.25, 0.3) is 5.78 Å². The lowest BCUT2D eigenvalue weighted by Gasteiger charge is -2.29. The summed E-state index contributed by atoms with van der Waals surface area (Å²) in [5.74, 6) is -2.42. The summed E-state index contributed by atoms with van der Waals surface area (Å²) in [6.07, 6.45) is 5.34. The fourth-order valence-electron chi connectivity index (χ4n) is 3.34. The van der Waals surface area contributed by atoms with E-state index in [1.165, 1.54) is 10.8 Å². The third-order valence-electron chi connectivity index (χ3n) is 4.65. The molecule has 9 heteroatoms. The summed E-state index contributed by atoms with van der Waals surface area (Å²) in [6.45, 7) is 5.59. The molecule has 1 N–H and O–H groups in total. The zero-order chi connectivity index (χ0) is 19.3. The molecule has 2 atom stereocenters. The molecule has 0 fully saturated rings. The van der Waals surface area contributed by atoms with Crippen LogP contribution in [0.15, 0.2) is 30.6 Å². The molecule has 0 saturated carbocycles. The number of benzene rings is 1. The van der Waals surface area contributed by atoms with Gasteiger partial charge in [0.2, 0.25) is 0 Å². The van der Waals surface area contributed by atoms with E-state index in [1.807, 2.05) is 31.0 Å². The minimum Gasteiger partial charge on any atom is -0.301 e. The van der Waals surface area contributed by atoms with Crippen LogP contribution in [0.4, 0.5) is 19.0 Å². The molecule has 3 aromatic rings. The van der Waals surface area contributed by atoms with Gasteiger partial charge in [0.05, 0.1) is 16.8 Å². The minimum atomic E-state index is -1.01. The number of hydrogen-bond donors (Lipinski definition) is 1. The molecule has 140 valence electrons. The Balaban J connectivity index is 1.97. The predicted octanol–water partition coefficient (Wildman–Crippen LogP) is 3.49. The molecule has 3 heterocycles. The van der Waals surface area contributed by atoms with Crippen LogP contribution in [0.5, 0.6) is 0 Å². The average molecular weight is 374 g/mol. The van der Waals surface area contributed by atoms with E-state index in [1.54, 1.807) is 6.92 Å². The first-order valence-corrected chi connectivity index (χ1v) is 8.45. The Bertz CT molecular complexity index is 1030. The lowest BCUT2D eigenvalue weighted by molar-refractivity contribution is 0.279. The average Bonchev–Trinajstić information content (AvgIpc) is 3.17. The highest BCUT2D eigenvalue weighted by Gasteiger charge is 2.28. The van der Waals surface area contributed by atoms with Crippen LogP contribution >= 0.6 is 0 Å². The Kier molecular flexibility index (Phi) is 4.11. The number of fused-ring (bicyclic) bond motifs is 1. The monoisotopic (exact) mass is 374 g/mol. The molecule has 0 saturated heterocycles. The molecule has 27 heavy (non-hydrogen) atoms. The third kappa shape index (κ3) is 2.84. The SMILES string of the molecule is Cc1nc2ncnn2c(NN2C(C)C=CC2C)c1-c1c(F)cc(F)cc1F. The number of nitrogens with one attached hydrogen (secondary N) is 1. The van der Waals surface area contributed by atoms with Gasteiger partial charge in [-0.1, -0.05) is 12.2 Å². The van der Waals surface area contributed by atoms with Crippen molar-refractivity contribution >= 4 is 11.6 Å². The van der Waals surface area contributed by atoms with Gasteiger partial charge in [0, 0.05) is 24.2 Å². The Morgan fingerprint density at radius 1 is 1.00 bits per heavy atom. The second-order valence-corrected chi connectivity index (χ2v) is 6.52. The molecule has 0 aliphatic carbocycles. The van der Waals surface area contributed by atoms with E-state index in [0.29, 0.717) is 23.6 Å². The number of aromatic nitrogens is 4. The number of rotatable bonds is 3. The summed E-state index contributed by atoms with van der Waals surface area (Å²) in [6, 6.07) is 1.39. The fraction of sp³-hybridized carbons (Fsp3) is 0.278. The van der Waals surface area contributed by atoms with Gasteiger partial charge < -0.3 is 5.43 Å². The van der Waals surface area contributed by atoms with Gasteiger partial charge in [-0.05, 0) is 20.8 Å². The zero-order valence-corrected chi connectivity index (χ0v) is 14.9. The lowest BCUT2D eigenvalue weighted by Crippen LogP contribution is -2.39. The Morgan fingerprint density at radius 2 is 1.63 bits per heavy atom. The van der Waals surface area contributed by atoms with Crippen molar-refractivity contribution in [1.29, 1.82) is 0 Å². The van der Waals surface area contributed by atoms with Gasteiger partial charge in [0.1, 0.15) is 23.8 Å². The molecule has 0 amide bonds. The molecule has 4 rings (SSSR count). The molecule has 0 bridgehead atoms. The second-order valence-electron chi connectivity index (χ2n) is 6.52. The van der Waals surface area contributed by atoms with Crippen molar-refractivity contribution in [2.45, 2.75) is 32.9 Å². The normalized spacial score (nSPS) is 19.9. The largest absolute Gasteiger partial charge is 0.301 e. The van der Waals surface area contributed by atoms with Crippen molar-refractivity contribution < 1.29 is 13.2 Å². The highest BCUT2D eigenvalue weighted by molar-refractivity contribution is 5.79. The van der Waals surface area contributed by atoms with Crippen LogP contribution in [0.25, 0.3) is 16.9 Å². The number of hydrazine groups is 1. The first kappa shape index (κ1) is 17.5. The summed E-state index contributed by atoms with van der Waals surface area (Å²) in [7, 11) is 0. The van der Waals surface area contributed by atoms with Gasteiger partial charge in [-0.15, -0.1) is 0 Å². The van der Waals surface area contributed by atoms with Crippen LogP contribution in [-0.2, 0) is 0 Å². The van der Waals surface area contributed by atoms with Crippen LogP contribution in [-0.4, -0.2) is 36.7 Å². The molecule has 1 aliphatic rings. The minimum absolute atomic E-state index is 0.0443. The molecule has 2 aromatic heterocycles. The number of aryl methyl sites for hydroxylation is 1. The van der Waals surface area contributed by atoms with Crippen molar-refractivity contribution in [3.05, 3.63) is 53.8 Å². The highest BCUT2D eigenvalue weighted by Crippen LogP contribution is 2.36. The van der Waals surface area contributed by atoms with E-state index in [9.17, 15) is 13.2 Å². The maximum Gasteiger partial charge on any atom is 0.254 e. The number of hydrogen-bond acceptors (Lipinski definition) is 5. The van der Waals surface area contributed by atoms with E-state index in [2.05, 4.69) is 20.5 Å².